The minimum Gasteiger partial charge on any atom is -0.460 e. The average Bonchev–Trinajstić information content (AvgIpc) is 3.11. The molecule has 3 saturated carbocycles. The molecule has 0 aliphatic heterocycles. The number of aliphatic hydroxyl groups excluding tert-OH is 1. The third-order valence-electron chi connectivity index (χ3n) is 10.7. The zero-order valence-corrected chi connectivity index (χ0v) is 23.6. The fourth-order valence-electron chi connectivity index (χ4n) is 8.89. The number of nitrogens with zero attached hydrogens (tertiary/aromatic N) is 1. The van der Waals surface area contributed by atoms with Crippen LogP contribution in [0.5, 0.6) is 0 Å². The molecule has 0 bridgehead atoms. The van der Waals surface area contributed by atoms with Crippen LogP contribution in [0.15, 0.2) is 23.3 Å². The molecule has 4 aliphatic carbocycles. The van der Waals surface area contributed by atoms with Crippen molar-refractivity contribution in [2.24, 2.45) is 34.5 Å². The summed E-state index contributed by atoms with van der Waals surface area (Å²) in [5, 5.41) is 14.4. The monoisotopic (exact) mass is 500 g/mol. The Morgan fingerprint density at radius 1 is 1.14 bits per heavy atom. The first-order valence-corrected chi connectivity index (χ1v) is 14.0. The van der Waals surface area contributed by atoms with E-state index < -0.39 is 18.2 Å². The van der Waals surface area contributed by atoms with E-state index in [-0.39, 0.29) is 28.6 Å². The van der Waals surface area contributed by atoms with Crippen LogP contribution in [0.2, 0.25) is 0 Å². The Hall–Kier alpha value is -1.66. The van der Waals surface area contributed by atoms with Gasteiger partial charge in [0.15, 0.2) is 0 Å². The normalized spacial score (nSPS) is 42.4. The summed E-state index contributed by atoms with van der Waals surface area (Å²) in [5.41, 5.74) is 2.60. The summed E-state index contributed by atoms with van der Waals surface area (Å²) in [5.74, 6) is 1.27. The molecular weight excluding hydrogens is 452 g/mol. The van der Waals surface area contributed by atoms with Crippen LogP contribution in [0.4, 0.5) is 0 Å². The number of ether oxygens (including phenoxy) is 1. The number of likely N-dealkylation sites (N-methyl/N-ethyl adjacent to an activating group) is 1. The predicted octanol–water partition coefficient (Wildman–Crippen LogP) is 4.48. The van der Waals surface area contributed by atoms with Gasteiger partial charge in [-0.3, -0.25) is 9.59 Å². The van der Waals surface area contributed by atoms with Crippen LogP contribution in [-0.4, -0.2) is 60.3 Å². The lowest BCUT2D eigenvalue weighted by Crippen LogP contribution is -2.66. The van der Waals surface area contributed by atoms with Crippen LogP contribution in [0.1, 0.15) is 80.1 Å². The van der Waals surface area contributed by atoms with Crippen LogP contribution in [0.25, 0.3) is 0 Å². The van der Waals surface area contributed by atoms with Crippen molar-refractivity contribution in [2.45, 2.75) is 104 Å². The van der Waals surface area contributed by atoms with E-state index in [0.717, 1.165) is 31.3 Å². The molecule has 6 nitrogen and oxygen atoms in total. The number of carbonyl (C=O) groups excluding carboxylic acids is 2. The molecule has 0 aromatic rings. The van der Waals surface area contributed by atoms with Gasteiger partial charge in [-0.25, -0.2) is 0 Å². The fraction of sp³-hybridized carbons (Fsp3) is 0.800. The summed E-state index contributed by atoms with van der Waals surface area (Å²) in [4.78, 5) is 27.1. The first kappa shape index (κ1) is 27.4. The van der Waals surface area contributed by atoms with Gasteiger partial charge < -0.3 is 20.1 Å². The molecule has 10 atom stereocenters. The summed E-state index contributed by atoms with van der Waals surface area (Å²) in [6, 6.07) is -0.139. The molecule has 0 saturated heterocycles. The topological polar surface area (TPSA) is 78.9 Å². The molecule has 3 fully saturated rings. The Bertz CT molecular complexity index is 937. The van der Waals surface area contributed by atoms with Crippen molar-refractivity contribution in [3.8, 4) is 0 Å². The van der Waals surface area contributed by atoms with Crippen molar-refractivity contribution in [1.82, 2.24) is 10.2 Å². The summed E-state index contributed by atoms with van der Waals surface area (Å²) in [6.07, 6.45) is 8.97. The van der Waals surface area contributed by atoms with Crippen LogP contribution >= 0.6 is 0 Å². The summed E-state index contributed by atoms with van der Waals surface area (Å²) in [6.45, 7) is 12.3. The quantitative estimate of drug-likeness (QED) is 0.331. The van der Waals surface area contributed by atoms with Gasteiger partial charge in [0.05, 0.1) is 12.1 Å². The Labute approximate surface area is 217 Å². The number of hydrogen-bond acceptors (Lipinski definition) is 5. The van der Waals surface area contributed by atoms with Crippen LogP contribution in [0, 0.1) is 34.5 Å². The molecule has 4 rings (SSSR count). The molecule has 0 heterocycles. The number of fused-ring (bicyclic) bond motifs is 5. The Balaban J connectivity index is 1.61. The lowest BCUT2D eigenvalue weighted by atomic mass is 9.43. The largest absolute Gasteiger partial charge is 0.460 e. The summed E-state index contributed by atoms with van der Waals surface area (Å²) < 4.78 is 5.93. The van der Waals surface area contributed by atoms with Crippen molar-refractivity contribution in [3.63, 3.8) is 0 Å². The van der Waals surface area contributed by atoms with Gasteiger partial charge in [-0.2, -0.15) is 0 Å². The maximum atomic E-state index is 12.6. The second-order valence-electron chi connectivity index (χ2n) is 13.2. The van der Waals surface area contributed by atoms with Gasteiger partial charge in [-0.05, 0) is 102 Å². The van der Waals surface area contributed by atoms with E-state index in [9.17, 15) is 14.7 Å². The first-order chi connectivity index (χ1) is 16.8. The van der Waals surface area contributed by atoms with Gasteiger partial charge in [0, 0.05) is 25.0 Å². The smallest absolute Gasteiger partial charge is 0.302 e. The van der Waals surface area contributed by atoms with E-state index in [0.29, 0.717) is 30.2 Å². The van der Waals surface area contributed by atoms with Crippen molar-refractivity contribution in [2.75, 3.05) is 14.1 Å². The van der Waals surface area contributed by atoms with Gasteiger partial charge in [0.1, 0.15) is 6.10 Å². The van der Waals surface area contributed by atoms with Gasteiger partial charge in [0.25, 0.3) is 0 Å². The molecule has 0 spiro atoms. The molecular formula is C30H48N2O4. The first-order valence-electron chi connectivity index (χ1n) is 14.0. The van der Waals surface area contributed by atoms with E-state index in [1.54, 1.807) is 11.6 Å². The van der Waals surface area contributed by atoms with E-state index in [2.05, 4.69) is 51.2 Å². The number of carbonyl (C=O) groups is 2. The number of amides is 1. The third-order valence-corrected chi connectivity index (χ3v) is 10.7. The van der Waals surface area contributed by atoms with Crippen molar-refractivity contribution in [3.05, 3.63) is 23.3 Å². The highest BCUT2D eigenvalue weighted by Crippen LogP contribution is 2.67. The van der Waals surface area contributed by atoms with Crippen molar-refractivity contribution in [1.29, 1.82) is 0 Å². The van der Waals surface area contributed by atoms with Crippen molar-refractivity contribution >= 4 is 11.9 Å². The molecule has 4 aliphatic rings. The highest BCUT2D eigenvalue weighted by Gasteiger charge is 2.63. The van der Waals surface area contributed by atoms with E-state index in [1.807, 2.05) is 13.8 Å². The Morgan fingerprint density at radius 2 is 1.83 bits per heavy atom. The molecule has 2 N–H and O–H groups in total. The molecule has 10 unspecified atom stereocenters. The number of hydrogen-bond donors (Lipinski definition) is 2. The SMILES string of the molecule is CC(=O)OC1C(NC(=O)C=C(C)C)C(O)CC2(C)C3CCC4(C)C(C(C)N(C)C)=CCC4C3CCC12. The van der Waals surface area contributed by atoms with Gasteiger partial charge >= 0.3 is 5.97 Å². The number of allylic oxidation sites excluding steroid dienone is 2. The lowest BCUT2D eigenvalue weighted by molar-refractivity contribution is -0.194. The number of esters is 1. The van der Waals surface area contributed by atoms with Gasteiger partial charge in [-0.1, -0.05) is 31.1 Å². The maximum absolute atomic E-state index is 12.6. The van der Waals surface area contributed by atoms with Crippen LogP contribution < -0.4 is 5.32 Å². The lowest BCUT2D eigenvalue weighted by Gasteiger charge is -2.63. The molecule has 0 radical (unpaired) electrons. The molecule has 36 heavy (non-hydrogen) atoms. The van der Waals surface area contributed by atoms with Crippen LogP contribution in [-0.2, 0) is 14.3 Å². The third kappa shape index (κ3) is 4.57. The van der Waals surface area contributed by atoms with Gasteiger partial charge in [0.2, 0.25) is 5.91 Å². The second kappa shape index (κ2) is 9.90. The van der Waals surface area contributed by atoms with Crippen LogP contribution in [0.3, 0.4) is 0 Å². The molecule has 0 aromatic heterocycles. The number of aliphatic hydroxyl groups is 1. The van der Waals surface area contributed by atoms with Crippen molar-refractivity contribution < 1.29 is 19.4 Å². The molecule has 1 amide bonds. The highest BCUT2D eigenvalue weighted by molar-refractivity contribution is 5.88. The number of rotatable bonds is 5. The van der Waals surface area contributed by atoms with E-state index in [1.165, 1.54) is 13.3 Å². The van der Waals surface area contributed by atoms with Gasteiger partial charge in [-0.15, -0.1) is 0 Å². The minimum atomic E-state index is -0.747. The fourth-order valence-corrected chi connectivity index (χ4v) is 8.89. The van der Waals surface area contributed by atoms with E-state index >= 15 is 0 Å². The Morgan fingerprint density at radius 3 is 2.44 bits per heavy atom. The zero-order chi connectivity index (χ0) is 26.6. The standard InChI is InChI=1S/C30H48N2O4/c1-17(2)15-26(35)31-27-25(34)16-30(6)23-13-14-29(5)21(18(3)32(7)8)11-12-22(29)20(23)9-10-24(30)28(27)36-19(4)33/h11,15,18,20,22-25,27-28,34H,9-10,12-14,16H2,1-8H3,(H,31,35). The average molecular weight is 501 g/mol. The molecule has 202 valence electrons. The molecule has 6 heteroatoms. The maximum Gasteiger partial charge on any atom is 0.302 e. The van der Waals surface area contributed by atoms with E-state index in [4.69, 9.17) is 4.74 Å². The second-order valence-corrected chi connectivity index (χ2v) is 13.2. The summed E-state index contributed by atoms with van der Waals surface area (Å²) in [7, 11) is 4.34. The molecule has 0 aromatic carbocycles. The highest BCUT2D eigenvalue weighted by atomic mass is 16.5. The Kier molecular flexibility index (Phi) is 7.53. The number of nitrogens with one attached hydrogen (secondary N) is 1. The predicted molar refractivity (Wildman–Crippen MR) is 142 cm³/mol. The minimum absolute atomic E-state index is 0.127. The zero-order valence-electron chi connectivity index (χ0n) is 23.6. The summed E-state index contributed by atoms with van der Waals surface area (Å²) >= 11 is 0.